The van der Waals surface area contributed by atoms with Gasteiger partial charge in [0.2, 0.25) is 0 Å². The first kappa shape index (κ1) is 18.6. The zero-order valence-electron chi connectivity index (χ0n) is 14.7. The maximum atomic E-state index is 12.4. The number of anilines is 2. The average Bonchev–Trinajstić information content (AvgIpc) is 2.68. The van der Waals surface area contributed by atoms with Crippen LogP contribution >= 0.6 is 11.6 Å². The van der Waals surface area contributed by atoms with E-state index in [2.05, 4.69) is 15.6 Å². The molecule has 2 N–H and O–H groups in total. The van der Waals surface area contributed by atoms with E-state index in [0.717, 1.165) is 11.3 Å². The fraction of sp³-hybridized carbons (Fsp3) is 0.0952. The number of ketones is 1. The number of carbonyl (C=O) groups excluding carboxylic acids is 2. The number of hydrogen-bond donors (Lipinski definition) is 2. The monoisotopic (exact) mass is 379 g/mol. The topological polar surface area (TPSA) is 71.1 Å². The molecule has 1 heterocycles. The summed E-state index contributed by atoms with van der Waals surface area (Å²) >= 11 is 6.11. The first-order valence-electron chi connectivity index (χ1n) is 8.38. The number of carbonyl (C=O) groups is 2. The van der Waals surface area contributed by atoms with Crippen LogP contribution < -0.4 is 10.6 Å². The van der Waals surface area contributed by atoms with E-state index in [4.69, 9.17) is 11.6 Å². The smallest absolute Gasteiger partial charge is 0.251 e. The van der Waals surface area contributed by atoms with Gasteiger partial charge in [-0.1, -0.05) is 29.8 Å². The molecule has 0 bridgehead atoms. The maximum absolute atomic E-state index is 12.4. The van der Waals surface area contributed by atoms with Crippen molar-refractivity contribution in [2.24, 2.45) is 0 Å². The average molecular weight is 380 g/mol. The Morgan fingerprint density at radius 3 is 2.44 bits per heavy atom. The van der Waals surface area contributed by atoms with Crippen LogP contribution in [0.4, 0.5) is 11.5 Å². The first-order chi connectivity index (χ1) is 13.0. The second kappa shape index (κ2) is 8.47. The lowest BCUT2D eigenvalue weighted by Crippen LogP contribution is -2.23. The van der Waals surface area contributed by atoms with Gasteiger partial charge in [0.1, 0.15) is 5.82 Å². The number of nitrogens with zero attached hydrogens (tertiary/aromatic N) is 1. The van der Waals surface area contributed by atoms with Gasteiger partial charge in [0.25, 0.3) is 5.91 Å². The molecule has 0 atom stereocenters. The minimum absolute atomic E-state index is 0.0110. The molecule has 0 radical (unpaired) electrons. The number of hydrogen-bond acceptors (Lipinski definition) is 4. The van der Waals surface area contributed by atoms with Gasteiger partial charge in [-0.25, -0.2) is 4.98 Å². The van der Waals surface area contributed by atoms with Crippen molar-refractivity contribution in [2.45, 2.75) is 13.5 Å². The number of halogens is 1. The van der Waals surface area contributed by atoms with E-state index in [9.17, 15) is 9.59 Å². The summed E-state index contributed by atoms with van der Waals surface area (Å²) in [6.45, 7) is 1.87. The number of Topliss-reactive ketones (excluding diaryl/α,β-unsaturated/α-hetero) is 1. The molecular weight excluding hydrogens is 362 g/mol. The molecule has 6 heteroatoms. The van der Waals surface area contributed by atoms with Gasteiger partial charge in [-0.05, 0) is 55.0 Å². The van der Waals surface area contributed by atoms with E-state index >= 15 is 0 Å². The van der Waals surface area contributed by atoms with Gasteiger partial charge in [0.15, 0.2) is 5.78 Å². The molecule has 1 amide bonds. The Kier molecular flexibility index (Phi) is 5.84. The first-order valence-corrected chi connectivity index (χ1v) is 8.76. The Balaban J connectivity index is 1.66. The largest absolute Gasteiger partial charge is 0.348 e. The Hall–Kier alpha value is -3.18. The number of pyridine rings is 1. The molecule has 27 heavy (non-hydrogen) atoms. The van der Waals surface area contributed by atoms with Crippen molar-refractivity contribution >= 4 is 34.8 Å². The summed E-state index contributed by atoms with van der Waals surface area (Å²) in [6.07, 6.45) is 1.57. The van der Waals surface area contributed by atoms with E-state index < -0.39 is 0 Å². The van der Waals surface area contributed by atoms with E-state index in [-0.39, 0.29) is 11.7 Å². The van der Waals surface area contributed by atoms with Gasteiger partial charge in [0.05, 0.1) is 0 Å². The molecule has 2 aromatic carbocycles. The van der Waals surface area contributed by atoms with Gasteiger partial charge in [-0.2, -0.15) is 0 Å². The molecule has 3 rings (SSSR count). The normalized spacial score (nSPS) is 10.3. The third-order valence-electron chi connectivity index (χ3n) is 3.98. The lowest BCUT2D eigenvalue weighted by molar-refractivity contribution is 0.0950. The zero-order chi connectivity index (χ0) is 19.2. The molecule has 1 aromatic heterocycles. The van der Waals surface area contributed by atoms with Crippen LogP contribution in [0.15, 0.2) is 66.9 Å². The fourth-order valence-corrected chi connectivity index (χ4v) is 2.70. The van der Waals surface area contributed by atoms with E-state index in [1.54, 1.807) is 48.7 Å². The highest BCUT2D eigenvalue weighted by Gasteiger charge is 2.08. The van der Waals surface area contributed by atoms with Crippen LogP contribution in [0.25, 0.3) is 0 Å². The molecule has 0 unspecified atom stereocenters. The van der Waals surface area contributed by atoms with Gasteiger partial charge in [-0.3, -0.25) is 9.59 Å². The highest BCUT2D eigenvalue weighted by Crippen LogP contribution is 2.17. The summed E-state index contributed by atoms with van der Waals surface area (Å²) in [5.74, 6) is 0.333. The van der Waals surface area contributed by atoms with E-state index in [1.165, 1.54) is 6.92 Å². The Labute approximate surface area is 162 Å². The molecule has 0 saturated heterocycles. The van der Waals surface area contributed by atoms with Gasteiger partial charge in [-0.15, -0.1) is 0 Å². The number of amides is 1. The molecule has 136 valence electrons. The van der Waals surface area contributed by atoms with Crippen LogP contribution in [0.1, 0.15) is 33.2 Å². The molecule has 0 spiro atoms. The van der Waals surface area contributed by atoms with Crippen molar-refractivity contribution in [1.82, 2.24) is 10.3 Å². The Morgan fingerprint density at radius 1 is 1.00 bits per heavy atom. The molecule has 0 aliphatic carbocycles. The summed E-state index contributed by atoms with van der Waals surface area (Å²) in [7, 11) is 0. The minimum Gasteiger partial charge on any atom is -0.348 e. The van der Waals surface area contributed by atoms with Crippen molar-refractivity contribution in [3.63, 3.8) is 0 Å². The van der Waals surface area contributed by atoms with Crippen LogP contribution in [0, 0.1) is 0 Å². The van der Waals surface area contributed by atoms with Gasteiger partial charge in [0, 0.05) is 34.6 Å². The number of aromatic nitrogens is 1. The Bertz CT molecular complexity index is 971. The summed E-state index contributed by atoms with van der Waals surface area (Å²) < 4.78 is 0. The zero-order valence-corrected chi connectivity index (χ0v) is 15.5. The third-order valence-corrected chi connectivity index (χ3v) is 4.35. The standard InChI is InChI=1S/C21H18ClN3O2/c1-14(26)15-6-8-18(9-7-15)25-20-12-16(10-11-23-20)21(27)24-13-17-4-2-3-5-19(17)22/h2-12H,13H2,1H3,(H,23,25)(H,24,27). The highest BCUT2D eigenvalue weighted by atomic mass is 35.5. The maximum Gasteiger partial charge on any atom is 0.251 e. The van der Waals surface area contributed by atoms with Gasteiger partial charge >= 0.3 is 0 Å². The van der Waals surface area contributed by atoms with Crippen LogP contribution in [0.3, 0.4) is 0 Å². The molecule has 3 aromatic rings. The summed E-state index contributed by atoms with van der Waals surface area (Å²) in [6, 6.07) is 17.8. The number of benzene rings is 2. The minimum atomic E-state index is -0.215. The molecular formula is C21H18ClN3O2. The predicted molar refractivity (Wildman–Crippen MR) is 107 cm³/mol. The van der Waals surface area contributed by atoms with Gasteiger partial charge < -0.3 is 10.6 Å². The van der Waals surface area contributed by atoms with Crippen molar-refractivity contribution in [1.29, 1.82) is 0 Å². The molecule has 0 fully saturated rings. The van der Waals surface area contributed by atoms with Crippen molar-refractivity contribution in [2.75, 3.05) is 5.32 Å². The molecule has 0 aliphatic rings. The summed E-state index contributed by atoms with van der Waals surface area (Å²) in [4.78, 5) is 28.0. The highest BCUT2D eigenvalue weighted by molar-refractivity contribution is 6.31. The predicted octanol–water partition coefficient (Wildman–Crippen LogP) is 4.61. The van der Waals surface area contributed by atoms with Crippen molar-refractivity contribution in [3.05, 3.63) is 88.6 Å². The second-order valence-corrected chi connectivity index (χ2v) is 6.37. The summed E-state index contributed by atoms with van der Waals surface area (Å²) in [5, 5.41) is 6.59. The van der Waals surface area contributed by atoms with E-state index in [1.807, 2.05) is 18.2 Å². The molecule has 5 nitrogen and oxygen atoms in total. The quantitative estimate of drug-likeness (QED) is 0.613. The SMILES string of the molecule is CC(=O)c1ccc(Nc2cc(C(=O)NCc3ccccc3Cl)ccn2)cc1. The van der Waals surface area contributed by atoms with Crippen LogP contribution in [-0.2, 0) is 6.54 Å². The lowest BCUT2D eigenvalue weighted by Gasteiger charge is -2.09. The van der Waals surface area contributed by atoms with Crippen molar-refractivity contribution in [3.8, 4) is 0 Å². The number of nitrogens with one attached hydrogen (secondary N) is 2. The summed E-state index contributed by atoms with van der Waals surface area (Å²) in [5.41, 5.74) is 2.76. The molecule has 0 aliphatic heterocycles. The second-order valence-electron chi connectivity index (χ2n) is 5.96. The fourth-order valence-electron chi connectivity index (χ4n) is 2.50. The van der Waals surface area contributed by atoms with Crippen molar-refractivity contribution < 1.29 is 9.59 Å². The van der Waals surface area contributed by atoms with Crippen LogP contribution in [0.5, 0.6) is 0 Å². The molecule has 0 saturated carbocycles. The lowest BCUT2D eigenvalue weighted by atomic mass is 10.1. The van der Waals surface area contributed by atoms with Crippen LogP contribution in [-0.4, -0.2) is 16.7 Å². The van der Waals surface area contributed by atoms with E-state index in [0.29, 0.717) is 28.5 Å². The number of rotatable bonds is 6. The Morgan fingerprint density at radius 2 is 1.74 bits per heavy atom. The third kappa shape index (κ3) is 4.92. The van der Waals surface area contributed by atoms with Crippen LogP contribution in [0.2, 0.25) is 5.02 Å².